The fraction of sp³-hybridized carbons (Fsp3) is 0.188. The van der Waals surface area contributed by atoms with Crippen molar-refractivity contribution in [2.24, 2.45) is 0 Å². The largest absolute Gasteiger partial charge is 0.288 e. The van der Waals surface area contributed by atoms with Gasteiger partial charge in [-0.25, -0.2) is 0 Å². The maximum Gasteiger partial charge on any atom is 0.269 e. The van der Waals surface area contributed by atoms with E-state index in [1.165, 1.54) is 5.56 Å². The molecule has 0 bridgehead atoms. The minimum atomic E-state index is -0.102. The van der Waals surface area contributed by atoms with Gasteiger partial charge in [0.25, 0.3) is 5.91 Å². The Morgan fingerprint density at radius 1 is 1.00 bits per heavy atom. The quantitative estimate of drug-likeness (QED) is 0.854. The van der Waals surface area contributed by atoms with E-state index in [0.29, 0.717) is 5.56 Å². The summed E-state index contributed by atoms with van der Waals surface area (Å²) in [5.74, 6) is -0.102. The summed E-state index contributed by atoms with van der Waals surface area (Å²) in [4.78, 5) is 12.1. The Balaban J connectivity index is 2.11. The first-order valence-corrected chi connectivity index (χ1v) is 6.25. The highest BCUT2D eigenvalue weighted by atomic mass is 16.2. The molecule has 0 aliphatic carbocycles. The lowest BCUT2D eigenvalue weighted by molar-refractivity contribution is 0.0951. The van der Waals surface area contributed by atoms with Crippen LogP contribution in [0.25, 0.3) is 0 Å². The van der Waals surface area contributed by atoms with Crippen LogP contribution in [-0.2, 0) is 0 Å². The number of hydrogen-bond donors (Lipinski definition) is 1. The molecule has 0 unspecified atom stereocenters. The number of carbonyl (C=O) groups excluding carboxylic acids is 1. The molecule has 0 heterocycles. The summed E-state index contributed by atoms with van der Waals surface area (Å²) in [6.45, 7) is 4.04. The number of amides is 1. The summed E-state index contributed by atoms with van der Waals surface area (Å²) in [5.41, 5.74) is 6.78. The van der Waals surface area contributed by atoms with Crippen molar-refractivity contribution in [2.45, 2.75) is 13.8 Å². The van der Waals surface area contributed by atoms with E-state index in [0.717, 1.165) is 11.3 Å². The Kier molecular flexibility index (Phi) is 3.85. The van der Waals surface area contributed by atoms with Crippen LogP contribution >= 0.6 is 0 Å². The molecule has 1 N–H and O–H groups in total. The Morgan fingerprint density at radius 2 is 1.68 bits per heavy atom. The number of hydrogen-bond acceptors (Lipinski definition) is 2. The number of anilines is 1. The molecular weight excluding hydrogens is 236 g/mol. The van der Waals surface area contributed by atoms with Crippen LogP contribution < -0.4 is 10.4 Å². The van der Waals surface area contributed by atoms with Crippen molar-refractivity contribution in [1.82, 2.24) is 5.43 Å². The second-order valence-corrected chi connectivity index (χ2v) is 4.63. The van der Waals surface area contributed by atoms with E-state index in [-0.39, 0.29) is 5.91 Å². The molecule has 0 saturated carbocycles. The topological polar surface area (TPSA) is 32.3 Å². The first-order chi connectivity index (χ1) is 9.08. The number of hydrazine groups is 1. The van der Waals surface area contributed by atoms with Crippen LogP contribution in [0.15, 0.2) is 48.5 Å². The molecule has 0 radical (unpaired) electrons. The van der Waals surface area contributed by atoms with Gasteiger partial charge in [-0.3, -0.25) is 15.2 Å². The molecule has 0 spiro atoms. The summed E-state index contributed by atoms with van der Waals surface area (Å²) in [6.07, 6.45) is 0. The first kappa shape index (κ1) is 13.1. The van der Waals surface area contributed by atoms with Gasteiger partial charge in [0.05, 0.1) is 5.69 Å². The summed E-state index contributed by atoms with van der Waals surface area (Å²) < 4.78 is 0. The summed E-state index contributed by atoms with van der Waals surface area (Å²) in [5, 5.41) is 1.72. The third-order valence-corrected chi connectivity index (χ3v) is 3.18. The van der Waals surface area contributed by atoms with Crippen molar-refractivity contribution >= 4 is 11.6 Å². The lowest BCUT2D eigenvalue weighted by atomic mass is 10.1. The number of benzene rings is 2. The molecule has 1 amide bonds. The molecule has 2 aromatic rings. The maximum atomic E-state index is 12.1. The summed E-state index contributed by atoms with van der Waals surface area (Å²) in [7, 11) is 1.83. The molecule has 0 atom stereocenters. The van der Waals surface area contributed by atoms with Gasteiger partial charge in [-0.15, -0.1) is 0 Å². The lowest BCUT2D eigenvalue weighted by Crippen LogP contribution is -2.39. The highest BCUT2D eigenvalue weighted by Crippen LogP contribution is 2.12. The monoisotopic (exact) mass is 254 g/mol. The molecule has 2 aromatic carbocycles. The third-order valence-electron chi connectivity index (χ3n) is 3.18. The van der Waals surface area contributed by atoms with Gasteiger partial charge in [-0.1, -0.05) is 24.3 Å². The van der Waals surface area contributed by atoms with Crippen LogP contribution in [-0.4, -0.2) is 13.0 Å². The number of nitrogens with zero attached hydrogens (tertiary/aromatic N) is 1. The van der Waals surface area contributed by atoms with Crippen LogP contribution in [0, 0.1) is 13.8 Å². The van der Waals surface area contributed by atoms with Crippen LogP contribution in [0.2, 0.25) is 0 Å². The Hall–Kier alpha value is -2.29. The van der Waals surface area contributed by atoms with Crippen LogP contribution in [0.1, 0.15) is 21.5 Å². The van der Waals surface area contributed by atoms with Crippen molar-refractivity contribution in [2.75, 3.05) is 12.1 Å². The zero-order chi connectivity index (χ0) is 13.8. The number of carbonyl (C=O) groups is 1. The van der Waals surface area contributed by atoms with E-state index in [1.54, 1.807) is 5.01 Å². The van der Waals surface area contributed by atoms with Crippen molar-refractivity contribution in [3.8, 4) is 0 Å². The normalized spacial score (nSPS) is 10.1. The van der Waals surface area contributed by atoms with E-state index < -0.39 is 0 Å². The molecule has 3 heteroatoms. The van der Waals surface area contributed by atoms with Crippen molar-refractivity contribution in [1.29, 1.82) is 0 Å². The number of rotatable bonds is 3. The molecule has 0 aromatic heterocycles. The van der Waals surface area contributed by atoms with Crippen molar-refractivity contribution < 1.29 is 4.79 Å². The van der Waals surface area contributed by atoms with Gasteiger partial charge in [-0.05, 0) is 49.2 Å². The van der Waals surface area contributed by atoms with Gasteiger partial charge in [0.1, 0.15) is 0 Å². The van der Waals surface area contributed by atoms with E-state index >= 15 is 0 Å². The minimum Gasteiger partial charge on any atom is -0.288 e. The molecule has 98 valence electrons. The van der Waals surface area contributed by atoms with E-state index in [9.17, 15) is 4.79 Å². The molecule has 0 aliphatic heterocycles. The smallest absolute Gasteiger partial charge is 0.269 e. The Labute approximate surface area is 113 Å². The van der Waals surface area contributed by atoms with Gasteiger partial charge < -0.3 is 0 Å². The highest BCUT2D eigenvalue weighted by Gasteiger charge is 2.09. The predicted molar refractivity (Wildman–Crippen MR) is 78.2 cm³/mol. The Bertz CT molecular complexity index is 579. The second-order valence-electron chi connectivity index (χ2n) is 4.63. The van der Waals surface area contributed by atoms with Gasteiger partial charge in [-0.2, -0.15) is 0 Å². The minimum absolute atomic E-state index is 0.102. The fourth-order valence-corrected chi connectivity index (χ4v) is 1.82. The van der Waals surface area contributed by atoms with Crippen molar-refractivity contribution in [3.63, 3.8) is 0 Å². The fourth-order valence-electron chi connectivity index (χ4n) is 1.82. The average Bonchev–Trinajstić information content (AvgIpc) is 2.42. The highest BCUT2D eigenvalue weighted by molar-refractivity contribution is 5.95. The van der Waals surface area contributed by atoms with Gasteiger partial charge in [0.2, 0.25) is 0 Å². The number of para-hydroxylation sites is 1. The maximum absolute atomic E-state index is 12.1. The molecule has 19 heavy (non-hydrogen) atoms. The molecule has 3 nitrogen and oxygen atoms in total. The molecular formula is C16H18N2O. The zero-order valence-corrected chi connectivity index (χ0v) is 11.5. The van der Waals surface area contributed by atoms with Gasteiger partial charge in [0, 0.05) is 12.6 Å². The Morgan fingerprint density at radius 3 is 2.32 bits per heavy atom. The lowest BCUT2D eigenvalue weighted by Gasteiger charge is -2.20. The standard InChI is InChI=1S/C16H18N2O/c1-12-9-10-14(11-13(12)2)16(19)17-18(3)15-7-5-4-6-8-15/h4-11H,1-3H3,(H,17,19). The van der Waals surface area contributed by atoms with E-state index in [4.69, 9.17) is 0 Å². The second kappa shape index (κ2) is 5.57. The number of aryl methyl sites for hydroxylation is 2. The third kappa shape index (κ3) is 3.13. The zero-order valence-electron chi connectivity index (χ0n) is 11.5. The summed E-state index contributed by atoms with van der Waals surface area (Å²) >= 11 is 0. The first-order valence-electron chi connectivity index (χ1n) is 6.25. The average molecular weight is 254 g/mol. The molecule has 0 fully saturated rings. The predicted octanol–water partition coefficient (Wildman–Crippen LogP) is 3.08. The molecule has 0 saturated heterocycles. The summed E-state index contributed by atoms with van der Waals surface area (Å²) in [6, 6.07) is 15.4. The van der Waals surface area contributed by atoms with Crippen LogP contribution in [0.5, 0.6) is 0 Å². The van der Waals surface area contributed by atoms with Gasteiger partial charge >= 0.3 is 0 Å². The SMILES string of the molecule is Cc1ccc(C(=O)NN(C)c2ccccc2)cc1C. The number of nitrogens with one attached hydrogen (secondary N) is 1. The molecule has 2 rings (SSSR count). The molecule has 0 aliphatic rings. The van der Waals surface area contributed by atoms with Crippen LogP contribution in [0.4, 0.5) is 5.69 Å². The van der Waals surface area contributed by atoms with E-state index in [1.807, 2.05) is 69.4 Å². The van der Waals surface area contributed by atoms with Crippen LogP contribution in [0.3, 0.4) is 0 Å². The van der Waals surface area contributed by atoms with Crippen molar-refractivity contribution in [3.05, 3.63) is 65.2 Å². The van der Waals surface area contributed by atoms with E-state index in [2.05, 4.69) is 5.43 Å². The van der Waals surface area contributed by atoms with Gasteiger partial charge in [0.15, 0.2) is 0 Å².